The predicted octanol–water partition coefficient (Wildman–Crippen LogP) is 0.577. The van der Waals surface area contributed by atoms with E-state index in [1.807, 2.05) is 6.07 Å². The summed E-state index contributed by atoms with van der Waals surface area (Å²) in [7, 11) is 0. The Balaban J connectivity index is 2.82. The lowest BCUT2D eigenvalue weighted by molar-refractivity contribution is 0.721. The fourth-order valence-electron chi connectivity index (χ4n) is 0.878. The van der Waals surface area contributed by atoms with Crippen LogP contribution in [0.25, 0.3) is 0 Å². The molecule has 0 bridgehead atoms. The summed E-state index contributed by atoms with van der Waals surface area (Å²) in [6, 6.07) is 6.86. The average Bonchev–Trinajstić information content (AvgIpc) is 2.05. The molecule has 1 aromatic rings. The van der Waals surface area contributed by atoms with Gasteiger partial charge in [-0.2, -0.15) is 5.26 Å². The van der Waals surface area contributed by atoms with E-state index in [1.54, 1.807) is 18.2 Å². The standard InChI is InChI=1S/C8H10N4/c9-5-4-6(10)7-2-1-3-8(11)12-7/h1-3,6H,4,10H2,(H2,11,12)/t6-/m0/s1. The Morgan fingerprint density at radius 2 is 2.33 bits per heavy atom. The molecular weight excluding hydrogens is 152 g/mol. The Morgan fingerprint density at radius 3 is 2.92 bits per heavy atom. The highest BCUT2D eigenvalue weighted by molar-refractivity contribution is 5.29. The molecule has 4 heteroatoms. The van der Waals surface area contributed by atoms with Gasteiger partial charge in [0.2, 0.25) is 0 Å². The molecule has 0 unspecified atom stereocenters. The minimum absolute atomic E-state index is 0.260. The lowest BCUT2D eigenvalue weighted by Crippen LogP contribution is -2.11. The summed E-state index contributed by atoms with van der Waals surface area (Å²) in [5.41, 5.74) is 11.7. The molecule has 0 spiro atoms. The molecule has 0 saturated heterocycles. The monoisotopic (exact) mass is 162 g/mol. The van der Waals surface area contributed by atoms with Crippen molar-refractivity contribution in [1.82, 2.24) is 4.98 Å². The summed E-state index contributed by atoms with van der Waals surface area (Å²) in [5.74, 6) is 0.431. The Hall–Kier alpha value is -1.60. The van der Waals surface area contributed by atoms with Crippen LogP contribution in [0, 0.1) is 11.3 Å². The number of aromatic nitrogens is 1. The topological polar surface area (TPSA) is 88.7 Å². The quantitative estimate of drug-likeness (QED) is 0.665. The zero-order chi connectivity index (χ0) is 8.97. The van der Waals surface area contributed by atoms with E-state index in [-0.39, 0.29) is 12.5 Å². The van der Waals surface area contributed by atoms with Gasteiger partial charge in [0.1, 0.15) is 5.82 Å². The minimum atomic E-state index is -0.335. The Kier molecular flexibility index (Phi) is 2.62. The van der Waals surface area contributed by atoms with E-state index in [0.29, 0.717) is 11.5 Å². The van der Waals surface area contributed by atoms with Crippen LogP contribution < -0.4 is 11.5 Å². The molecule has 62 valence electrons. The zero-order valence-corrected chi connectivity index (χ0v) is 6.57. The van der Waals surface area contributed by atoms with Crippen molar-refractivity contribution in [3.8, 4) is 6.07 Å². The molecule has 0 aliphatic carbocycles. The molecule has 4 nitrogen and oxygen atoms in total. The number of pyridine rings is 1. The normalized spacial score (nSPS) is 12.0. The predicted molar refractivity (Wildman–Crippen MR) is 45.8 cm³/mol. The summed E-state index contributed by atoms with van der Waals surface area (Å²) < 4.78 is 0. The summed E-state index contributed by atoms with van der Waals surface area (Å²) in [6.45, 7) is 0. The molecule has 1 rings (SSSR count). The molecule has 1 atom stereocenters. The second-order valence-electron chi connectivity index (χ2n) is 2.46. The van der Waals surface area contributed by atoms with Crippen LogP contribution in [0.1, 0.15) is 18.2 Å². The van der Waals surface area contributed by atoms with Crippen LogP contribution in [-0.2, 0) is 0 Å². The first-order valence-electron chi connectivity index (χ1n) is 3.59. The molecule has 0 radical (unpaired) electrons. The van der Waals surface area contributed by atoms with Crippen molar-refractivity contribution in [2.24, 2.45) is 5.73 Å². The van der Waals surface area contributed by atoms with Crippen LogP contribution >= 0.6 is 0 Å². The molecule has 1 aromatic heterocycles. The number of anilines is 1. The Morgan fingerprint density at radius 1 is 1.58 bits per heavy atom. The maximum Gasteiger partial charge on any atom is 0.123 e. The second-order valence-corrected chi connectivity index (χ2v) is 2.46. The van der Waals surface area contributed by atoms with E-state index in [4.69, 9.17) is 16.7 Å². The summed E-state index contributed by atoms with van der Waals surface area (Å²) >= 11 is 0. The Labute approximate surface area is 70.8 Å². The van der Waals surface area contributed by atoms with E-state index in [2.05, 4.69) is 4.98 Å². The van der Waals surface area contributed by atoms with Gasteiger partial charge < -0.3 is 11.5 Å². The SMILES string of the molecule is N#CC[C@H](N)c1cccc(N)n1. The van der Waals surface area contributed by atoms with Gasteiger partial charge in [0.25, 0.3) is 0 Å². The molecule has 0 aromatic carbocycles. The molecule has 4 N–H and O–H groups in total. The van der Waals surface area contributed by atoms with E-state index < -0.39 is 0 Å². The molecule has 12 heavy (non-hydrogen) atoms. The van der Waals surface area contributed by atoms with Crippen molar-refractivity contribution in [3.63, 3.8) is 0 Å². The number of rotatable bonds is 2. The zero-order valence-electron chi connectivity index (χ0n) is 6.57. The number of hydrogen-bond donors (Lipinski definition) is 2. The smallest absolute Gasteiger partial charge is 0.123 e. The fraction of sp³-hybridized carbons (Fsp3) is 0.250. The highest BCUT2D eigenvalue weighted by Crippen LogP contribution is 2.11. The molecule has 0 saturated carbocycles. The lowest BCUT2D eigenvalue weighted by Gasteiger charge is -2.06. The molecule has 0 amide bonds. The Bertz CT molecular complexity index is 302. The highest BCUT2D eigenvalue weighted by atomic mass is 14.9. The van der Waals surface area contributed by atoms with Crippen molar-refractivity contribution in [2.75, 3.05) is 5.73 Å². The second kappa shape index (κ2) is 3.69. The van der Waals surface area contributed by atoms with E-state index >= 15 is 0 Å². The van der Waals surface area contributed by atoms with Gasteiger partial charge in [0.15, 0.2) is 0 Å². The first kappa shape index (κ1) is 8.50. The summed E-state index contributed by atoms with van der Waals surface area (Å²) in [5, 5.41) is 8.38. The van der Waals surface area contributed by atoms with Crippen molar-refractivity contribution in [3.05, 3.63) is 23.9 Å². The molecule has 0 aliphatic rings. The number of hydrogen-bond acceptors (Lipinski definition) is 4. The van der Waals surface area contributed by atoms with Gasteiger partial charge in [-0.1, -0.05) is 6.07 Å². The summed E-state index contributed by atoms with van der Waals surface area (Å²) in [6.07, 6.45) is 0.260. The number of nitriles is 1. The molecule has 0 aliphatic heterocycles. The number of nitrogens with two attached hydrogens (primary N) is 2. The largest absolute Gasteiger partial charge is 0.384 e. The fourth-order valence-corrected chi connectivity index (χ4v) is 0.878. The number of nitrogens with zero attached hydrogens (tertiary/aromatic N) is 2. The molecule has 1 heterocycles. The van der Waals surface area contributed by atoms with E-state index in [0.717, 1.165) is 0 Å². The van der Waals surface area contributed by atoms with Crippen molar-refractivity contribution < 1.29 is 0 Å². The van der Waals surface area contributed by atoms with Crippen molar-refractivity contribution >= 4 is 5.82 Å². The summed E-state index contributed by atoms with van der Waals surface area (Å²) in [4.78, 5) is 3.99. The van der Waals surface area contributed by atoms with Gasteiger partial charge in [-0.15, -0.1) is 0 Å². The first-order chi connectivity index (χ1) is 5.74. The van der Waals surface area contributed by atoms with Crippen LogP contribution in [0.3, 0.4) is 0 Å². The van der Waals surface area contributed by atoms with E-state index in [1.165, 1.54) is 0 Å². The van der Waals surface area contributed by atoms with Gasteiger partial charge in [-0.25, -0.2) is 4.98 Å². The molecular formula is C8H10N4. The van der Waals surface area contributed by atoms with E-state index in [9.17, 15) is 0 Å². The number of nitrogen functional groups attached to an aromatic ring is 1. The maximum atomic E-state index is 8.38. The lowest BCUT2D eigenvalue weighted by atomic mass is 10.1. The first-order valence-corrected chi connectivity index (χ1v) is 3.59. The van der Waals surface area contributed by atoms with Crippen LogP contribution in [0.15, 0.2) is 18.2 Å². The third-order valence-corrected chi connectivity index (χ3v) is 1.48. The van der Waals surface area contributed by atoms with Gasteiger partial charge in [0, 0.05) is 0 Å². The van der Waals surface area contributed by atoms with Gasteiger partial charge >= 0.3 is 0 Å². The minimum Gasteiger partial charge on any atom is -0.384 e. The van der Waals surface area contributed by atoms with Crippen molar-refractivity contribution in [2.45, 2.75) is 12.5 Å². The highest BCUT2D eigenvalue weighted by Gasteiger charge is 2.05. The van der Waals surface area contributed by atoms with Crippen LogP contribution in [0.2, 0.25) is 0 Å². The third kappa shape index (κ3) is 1.94. The van der Waals surface area contributed by atoms with Crippen LogP contribution in [0.5, 0.6) is 0 Å². The third-order valence-electron chi connectivity index (χ3n) is 1.48. The van der Waals surface area contributed by atoms with Crippen LogP contribution in [-0.4, -0.2) is 4.98 Å². The average molecular weight is 162 g/mol. The van der Waals surface area contributed by atoms with Crippen LogP contribution in [0.4, 0.5) is 5.82 Å². The van der Waals surface area contributed by atoms with Gasteiger partial charge in [0.05, 0.1) is 24.2 Å². The van der Waals surface area contributed by atoms with Gasteiger partial charge in [-0.3, -0.25) is 0 Å². The van der Waals surface area contributed by atoms with Crippen molar-refractivity contribution in [1.29, 1.82) is 5.26 Å². The van der Waals surface area contributed by atoms with Gasteiger partial charge in [-0.05, 0) is 12.1 Å². The maximum absolute atomic E-state index is 8.38. The molecule has 0 fully saturated rings.